The van der Waals surface area contributed by atoms with Gasteiger partial charge in [0.25, 0.3) is 5.56 Å². The summed E-state index contributed by atoms with van der Waals surface area (Å²) >= 11 is 3.35. The molecule has 0 saturated carbocycles. The van der Waals surface area contributed by atoms with Crippen molar-refractivity contribution in [2.75, 3.05) is 5.75 Å². The zero-order valence-electron chi connectivity index (χ0n) is 14.9. The minimum Gasteiger partial charge on any atom is -0.268 e. The van der Waals surface area contributed by atoms with Gasteiger partial charge in [-0.3, -0.25) is 9.36 Å². The molecule has 3 nitrogen and oxygen atoms in total. The number of benzene rings is 1. The summed E-state index contributed by atoms with van der Waals surface area (Å²) in [6, 6.07) is 6.28. The van der Waals surface area contributed by atoms with Crippen molar-refractivity contribution in [3.8, 4) is 5.69 Å². The van der Waals surface area contributed by atoms with Crippen LogP contribution >= 0.6 is 23.5 Å². The number of aromatic nitrogens is 2. The molecule has 2 aromatic rings. The van der Waals surface area contributed by atoms with Crippen LogP contribution in [0.3, 0.4) is 0 Å². The predicted molar refractivity (Wildman–Crippen MR) is 104 cm³/mol. The minimum atomic E-state index is 0.0885. The molecule has 0 spiro atoms. The number of aryl methyl sites for hydroxylation is 2. The second-order valence-electron chi connectivity index (χ2n) is 6.99. The van der Waals surface area contributed by atoms with Crippen molar-refractivity contribution in [2.24, 2.45) is 5.92 Å². The lowest BCUT2D eigenvalue weighted by atomic mass is 10.1. The standard InChI is InChI=1S/C19H24N2OS2/c1-11(2)10-23-19-20-16-9-14(5)24-17(16)18(22)21(19)15-7-12(3)6-13(4)8-15/h6-8,11,14H,9-10H2,1-5H3. The van der Waals surface area contributed by atoms with E-state index >= 15 is 0 Å². The molecule has 128 valence electrons. The van der Waals surface area contributed by atoms with E-state index in [1.165, 1.54) is 11.1 Å². The molecule has 1 unspecified atom stereocenters. The van der Waals surface area contributed by atoms with E-state index < -0.39 is 0 Å². The van der Waals surface area contributed by atoms with E-state index in [1.807, 2.05) is 4.57 Å². The molecule has 0 N–H and O–H groups in total. The maximum atomic E-state index is 13.2. The third-order valence-electron chi connectivity index (χ3n) is 3.89. The molecule has 0 radical (unpaired) electrons. The van der Waals surface area contributed by atoms with Crippen LogP contribution in [-0.4, -0.2) is 20.6 Å². The van der Waals surface area contributed by atoms with Crippen molar-refractivity contribution >= 4 is 23.5 Å². The van der Waals surface area contributed by atoms with Gasteiger partial charge < -0.3 is 0 Å². The Morgan fingerprint density at radius 1 is 1.29 bits per heavy atom. The van der Waals surface area contributed by atoms with Crippen molar-refractivity contribution in [3.05, 3.63) is 45.4 Å². The molecule has 1 aromatic heterocycles. The van der Waals surface area contributed by atoms with Crippen LogP contribution in [-0.2, 0) is 6.42 Å². The van der Waals surface area contributed by atoms with Crippen molar-refractivity contribution in [1.82, 2.24) is 9.55 Å². The van der Waals surface area contributed by atoms with Gasteiger partial charge in [0.15, 0.2) is 5.16 Å². The van der Waals surface area contributed by atoms with Gasteiger partial charge >= 0.3 is 0 Å². The molecule has 0 fully saturated rings. The maximum absolute atomic E-state index is 13.2. The summed E-state index contributed by atoms with van der Waals surface area (Å²) in [6.45, 7) is 10.7. The number of hydrogen-bond acceptors (Lipinski definition) is 4. The van der Waals surface area contributed by atoms with Gasteiger partial charge in [0.05, 0.1) is 16.3 Å². The molecule has 24 heavy (non-hydrogen) atoms. The Bertz CT molecular complexity index is 807. The second-order valence-corrected chi connectivity index (χ2v) is 9.43. The Morgan fingerprint density at radius 3 is 2.58 bits per heavy atom. The Morgan fingerprint density at radius 2 is 1.96 bits per heavy atom. The van der Waals surface area contributed by atoms with Crippen LogP contribution in [0, 0.1) is 19.8 Å². The first kappa shape index (κ1) is 17.6. The summed E-state index contributed by atoms with van der Waals surface area (Å²) in [7, 11) is 0. The quantitative estimate of drug-likeness (QED) is 0.588. The first-order chi connectivity index (χ1) is 11.3. The van der Waals surface area contributed by atoms with Crippen LogP contribution < -0.4 is 5.56 Å². The number of fused-ring (bicyclic) bond motifs is 1. The largest absolute Gasteiger partial charge is 0.272 e. The summed E-state index contributed by atoms with van der Waals surface area (Å²) in [4.78, 5) is 18.9. The van der Waals surface area contributed by atoms with E-state index in [0.717, 1.165) is 33.6 Å². The fourth-order valence-corrected chi connectivity index (χ4v) is 5.02. The highest BCUT2D eigenvalue weighted by atomic mass is 32.2. The Kier molecular flexibility index (Phi) is 5.11. The fourth-order valence-electron chi connectivity index (χ4n) is 2.95. The molecule has 0 saturated heterocycles. The van der Waals surface area contributed by atoms with Gasteiger partial charge in [-0.2, -0.15) is 0 Å². The number of thioether (sulfide) groups is 2. The Balaban J connectivity index is 2.18. The minimum absolute atomic E-state index is 0.0885. The van der Waals surface area contributed by atoms with Crippen molar-refractivity contribution in [3.63, 3.8) is 0 Å². The van der Waals surface area contributed by atoms with Gasteiger partial charge in [-0.1, -0.05) is 38.6 Å². The lowest BCUT2D eigenvalue weighted by molar-refractivity contribution is 0.716. The van der Waals surface area contributed by atoms with E-state index in [1.54, 1.807) is 23.5 Å². The predicted octanol–water partition coefficient (Wildman–Crippen LogP) is 4.63. The van der Waals surface area contributed by atoms with Gasteiger partial charge in [0, 0.05) is 17.4 Å². The second kappa shape index (κ2) is 6.96. The molecule has 2 heterocycles. The van der Waals surface area contributed by atoms with Crippen LogP contribution in [0.2, 0.25) is 0 Å². The zero-order chi connectivity index (χ0) is 17.4. The summed E-state index contributed by atoms with van der Waals surface area (Å²) < 4.78 is 1.82. The van der Waals surface area contributed by atoms with Crippen LogP contribution in [0.25, 0.3) is 5.69 Å². The summed E-state index contributed by atoms with van der Waals surface area (Å²) in [6.07, 6.45) is 0.887. The highest BCUT2D eigenvalue weighted by molar-refractivity contribution is 8.00. The fraction of sp³-hybridized carbons (Fsp3) is 0.474. The zero-order valence-corrected chi connectivity index (χ0v) is 16.6. The van der Waals surface area contributed by atoms with E-state index in [2.05, 4.69) is 52.8 Å². The van der Waals surface area contributed by atoms with Gasteiger partial charge in [-0.15, -0.1) is 11.8 Å². The molecule has 1 atom stereocenters. The monoisotopic (exact) mass is 360 g/mol. The number of nitrogens with zero attached hydrogens (tertiary/aromatic N) is 2. The molecular weight excluding hydrogens is 336 g/mol. The van der Waals surface area contributed by atoms with Crippen molar-refractivity contribution < 1.29 is 0 Å². The molecule has 1 aliphatic heterocycles. The van der Waals surface area contributed by atoms with Crippen molar-refractivity contribution in [1.29, 1.82) is 0 Å². The third kappa shape index (κ3) is 3.57. The molecule has 0 aliphatic carbocycles. The third-order valence-corrected chi connectivity index (χ3v) is 6.47. The van der Waals surface area contributed by atoms with Crippen LogP contribution in [0.4, 0.5) is 0 Å². The van der Waals surface area contributed by atoms with E-state index in [-0.39, 0.29) is 5.56 Å². The van der Waals surface area contributed by atoms with Crippen LogP contribution in [0.1, 0.15) is 37.6 Å². The highest BCUT2D eigenvalue weighted by Crippen LogP contribution is 2.35. The van der Waals surface area contributed by atoms with Crippen LogP contribution in [0.15, 0.2) is 33.0 Å². The first-order valence-corrected chi connectivity index (χ1v) is 10.3. The average molecular weight is 361 g/mol. The lowest BCUT2D eigenvalue weighted by Crippen LogP contribution is -2.24. The van der Waals surface area contributed by atoms with Gasteiger partial charge in [0.2, 0.25) is 0 Å². The van der Waals surface area contributed by atoms with E-state index in [4.69, 9.17) is 4.98 Å². The first-order valence-electron chi connectivity index (χ1n) is 8.39. The Hall–Kier alpha value is -1.20. The van der Waals surface area contributed by atoms with Crippen molar-refractivity contribution in [2.45, 2.75) is 56.3 Å². The smallest absolute Gasteiger partial charge is 0.268 e. The summed E-state index contributed by atoms with van der Waals surface area (Å²) in [5.41, 5.74) is 4.32. The molecule has 0 bridgehead atoms. The molecule has 1 aliphatic rings. The van der Waals surface area contributed by atoms with Crippen LogP contribution in [0.5, 0.6) is 0 Å². The normalized spacial score (nSPS) is 16.7. The number of hydrogen-bond donors (Lipinski definition) is 0. The molecule has 3 rings (SSSR count). The topological polar surface area (TPSA) is 34.9 Å². The number of rotatable bonds is 4. The lowest BCUT2D eigenvalue weighted by Gasteiger charge is -2.15. The molecule has 5 heteroatoms. The SMILES string of the molecule is Cc1cc(C)cc(-n2c(SCC(C)C)nc3c(c2=O)SC(C)C3)c1. The van der Waals surface area contributed by atoms with E-state index in [0.29, 0.717) is 11.2 Å². The van der Waals surface area contributed by atoms with Gasteiger partial charge in [0.1, 0.15) is 0 Å². The average Bonchev–Trinajstić information content (AvgIpc) is 2.85. The summed E-state index contributed by atoms with van der Waals surface area (Å²) in [5, 5.41) is 1.25. The van der Waals surface area contributed by atoms with Gasteiger partial charge in [-0.05, 0) is 43.0 Å². The maximum Gasteiger partial charge on any atom is 0.272 e. The highest BCUT2D eigenvalue weighted by Gasteiger charge is 2.27. The summed E-state index contributed by atoms with van der Waals surface area (Å²) in [5.74, 6) is 1.51. The van der Waals surface area contributed by atoms with Gasteiger partial charge in [-0.25, -0.2) is 4.98 Å². The molecule has 1 aromatic carbocycles. The molecular formula is C19H24N2OS2. The van der Waals surface area contributed by atoms with E-state index in [9.17, 15) is 4.79 Å². The molecule has 0 amide bonds. The Labute approximate surface area is 152 Å².